The third-order valence-corrected chi connectivity index (χ3v) is 4.64. The van der Waals surface area contributed by atoms with Gasteiger partial charge < -0.3 is 20.4 Å². The maximum absolute atomic E-state index is 4.79. The maximum Gasteiger partial charge on any atom is 0.191 e. The Morgan fingerprint density at radius 1 is 1.11 bits per heavy atom. The van der Waals surface area contributed by atoms with Crippen LogP contribution in [0, 0.1) is 0 Å². The van der Waals surface area contributed by atoms with E-state index < -0.39 is 0 Å². The molecule has 0 saturated heterocycles. The van der Waals surface area contributed by atoms with Gasteiger partial charge in [0, 0.05) is 19.1 Å². The molecule has 0 fully saturated rings. The van der Waals surface area contributed by atoms with E-state index in [2.05, 4.69) is 86.5 Å². The Balaban J connectivity index is 2.56. The van der Waals surface area contributed by atoms with Crippen molar-refractivity contribution >= 4 is 5.96 Å². The molecular weight excluding hydrogens is 334 g/mol. The lowest BCUT2D eigenvalue weighted by atomic mass is 10.1. The van der Waals surface area contributed by atoms with Gasteiger partial charge in [0.05, 0.1) is 6.54 Å². The third kappa shape index (κ3) is 10.4. The normalized spacial score (nSPS) is 13.3. The fraction of sp³-hybridized carbons (Fsp3) is 0.682. The lowest BCUT2D eigenvalue weighted by Crippen LogP contribution is -2.42. The Labute approximate surface area is 167 Å². The zero-order valence-corrected chi connectivity index (χ0v) is 18.4. The predicted octanol–water partition coefficient (Wildman–Crippen LogP) is 3.31. The van der Waals surface area contributed by atoms with Gasteiger partial charge in [-0.05, 0) is 71.5 Å². The minimum absolute atomic E-state index is 0.415. The maximum atomic E-state index is 4.79. The van der Waals surface area contributed by atoms with Crippen molar-refractivity contribution in [1.82, 2.24) is 20.4 Å². The van der Waals surface area contributed by atoms with Gasteiger partial charge in [0.15, 0.2) is 5.96 Å². The van der Waals surface area contributed by atoms with E-state index >= 15 is 0 Å². The first kappa shape index (κ1) is 23.4. The molecule has 1 aromatic rings. The molecule has 0 amide bonds. The fourth-order valence-corrected chi connectivity index (χ4v) is 3.15. The molecule has 1 rings (SSSR count). The van der Waals surface area contributed by atoms with Crippen LogP contribution in [-0.2, 0) is 13.1 Å². The van der Waals surface area contributed by atoms with E-state index in [9.17, 15) is 0 Å². The Morgan fingerprint density at radius 3 is 2.44 bits per heavy atom. The molecule has 1 aromatic carbocycles. The summed E-state index contributed by atoms with van der Waals surface area (Å²) >= 11 is 0. The van der Waals surface area contributed by atoms with Crippen molar-refractivity contribution in [3.63, 3.8) is 0 Å². The molecule has 0 saturated carbocycles. The van der Waals surface area contributed by atoms with E-state index in [0.717, 1.165) is 38.6 Å². The van der Waals surface area contributed by atoms with E-state index in [1.807, 2.05) is 0 Å². The second-order valence-electron chi connectivity index (χ2n) is 7.47. The van der Waals surface area contributed by atoms with Crippen molar-refractivity contribution in [2.45, 2.75) is 59.7 Å². The van der Waals surface area contributed by atoms with E-state index in [0.29, 0.717) is 12.6 Å². The standard InChI is InChI=1S/C22H41N5/c1-7-23-22(25-19(4)12-11-15-27(8-2)9-3)24-17-20-13-10-14-21(16-20)18-26(5)6/h10,13-14,16,19H,7-9,11-12,15,17-18H2,1-6H3,(H2,23,24,25). The Kier molecular flexibility index (Phi) is 11.8. The van der Waals surface area contributed by atoms with Gasteiger partial charge in [-0.2, -0.15) is 0 Å². The molecule has 154 valence electrons. The first-order chi connectivity index (χ1) is 13.0. The minimum Gasteiger partial charge on any atom is -0.357 e. The molecule has 27 heavy (non-hydrogen) atoms. The molecule has 0 aliphatic heterocycles. The Bertz CT molecular complexity index is 537. The minimum atomic E-state index is 0.415. The topological polar surface area (TPSA) is 42.9 Å². The molecule has 0 radical (unpaired) electrons. The summed E-state index contributed by atoms with van der Waals surface area (Å²) in [7, 11) is 4.19. The Morgan fingerprint density at radius 2 is 1.81 bits per heavy atom. The van der Waals surface area contributed by atoms with Gasteiger partial charge in [0.2, 0.25) is 0 Å². The van der Waals surface area contributed by atoms with Crippen LogP contribution in [0.1, 0.15) is 51.7 Å². The van der Waals surface area contributed by atoms with Crippen LogP contribution >= 0.6 is 0 Å². The summed E-state index contributed by atoms with van der Waals surface area (Å²) in [5.41, 5.74) is 2.58. The lowest BCUT2D eigenvalue weighted by molar-refractivity contribution is 0.292. The molecule has 0 aromatic heterocycles. The summed E-state index contributed by atoms with van der Waals surface area (Å²) in [5.74, 6) is 0.908. The first-order valence-electron chi connectivity index (χ1n) is 10.5. The van der Waals surface area contributed by atoms with Gasteiger partial charge >= 0.3 is 0 Å². The smallest absolute Gasteiger partial charge is 0.191 e. The second kappa shape index (κ2) is 13.6. The Hall–Kier alpha value is -1.59. The highest BCUT2D eigenvalue weighted by molar-refractivity contribution is 5.80. The van der Waals surface area contributed by atoms with Crippen LogP contribution in [0.4, 0.5) is 0 Å². The van der Waals surface area contributed by atoms with Crippen molar-refractivity contribution in [2.24, 2.45) is 4.99 Å². The van der Waals surface area contributed by atoms with E-state index in [1.165, 1.54) is 24.1 Å². The van der Waals surface area contributed by atoms with Crippen molar-refractivity contribution in [1.29, 1.82) is 0 Å². The second-order valence-corrected chi connectivity index (χ2v) is 7.47. The molecule has 0 aliphatic rings. The summed E-state index contributed by atoms with van der Waals surface area (Å²) < 4.78 is 0. The number of nitrogens with zero attached hydrogens (tertiary/aromatic N) is 3. The van der Waals surface area contributed by atoms with Crippen LogP contribution in [0.2, 0.25) is 0 Å². The number of benzene rings is 1. The van der Waals surface area contributed by atoms with Crippen LogP contribution in [-0.4, -0.2) is 62.1 Å². The summed E-state index contributed by atoms with van der Waals surface area (Å²) in [5, 5.41) is 6.93. The van der Waals surface area contributed by atoms with Gasteiger partial charge in [-0.1, -0.05) is 38.1 Å². The quantitative estimate of drug-likeness (QED) is 0.434. The van der Waals surface area contributed by atoms with Crippen molar-refractivity contribution in [2.75, 3.05) is 40.3 Å². The molecule has 1 atom stereocenters. The van der Waals surface area contributed by atoms with E-state index in [-0.39, 0.29) is 0 Å². The monoisotopic (exact) mass is 375 g/mol. The molecule has 5 nitrogen and oxygen atoms in total. The highest BCUT2D eigenvalue weighted by Gasteiger charge is 2.07. The number of guanidine groups is 1. The van der Waals surface area contributed by atoms with Crippen molar-refractivity contribution in [3.05, 3.63) is 35.4 Å². The van der Waals surface area contributed by atoms with Crippen LogP contribution in [0.5, 0.6) is 0 Å². The third-order valence-electron chi connectivity index (χ3n) is 4.64. The highest BCUT2D eigenvalue weighted by atomic mass is 15.2. The largest absolute Gasteiger partial charge is 0.357 e. The van der Waals surface area contributed by atoms with Gasteiger partial charge in [-0.25, -0.2) is 4.99 Å². The summed E-state index contributed by atoms with van der Waals surface area (Å²) in [6.45, 7) is 14.8. The first-order valence-corrected chi connectivity index (χ1v) is 10.5. The molecule has 0 aliphatic carbocycles. The molecule has 2 N–H and O–H groups in total. The van der Waals surface area contributed by atoms with Crippen LogP contribution in [0.25, 0.3) is 0 Å². The zero-order valence-electron chi connectivity index (χ0n) is 18.4. The summed E-state index contributed by atoms with van der Waals surface area (Å²) in [4.78, 5) is 9.46. The fourth-order valence-electron chi connectivity index (χ4n) is 3.15. The molecule has 0 bridgehead atoms. The van der Waals surface area contributed by atoms with E-state index in [4.69, 9.17) is 4.99 Å². The van der Waals surface area contributed by atoms with Crippen molar-refractivity contribution in [3.8, 4) is 0 Å². The number of aliphatic imine (C=N–C) groups is 1. The van der Waals surface area contributed by atoms with Crippen molar-refractivity contribution < 1.29 is 0 Å². The molecular formula is C22H41N5. The van der Waals surface area contributed by atoms with Gasteiger partial charge in [-0.3, -0.25) is 0 Å². The lowest BCUT2D eigenvalue weighted by Gasteiger charge is -2.21. The number of rotatable bonds is 12. The molecule has 0 spiro atoms. The number of hydrogen-bond donors (Lipinski definition) is 2. The highest BCUT2D eigenvalue weighted by Crippen LogP contribution is 2.08. The average molecular weight is 376 g/mol. The zero-order chi connectivity index (χ0) is 20.1. The van der Waals surface area contributed by atoms with Gasteiger partial charge in [0.1, 0.15) is 0 Å². The predicted molar refractivity (Wildman–Crippen MR) is 118 cm³/mol. The number of nitrogens with one attached hydrogen (secondary N) is 2. The SMILES string of the molecule is CCNC(=NCc1cccc(CN(C)C)c1)NC(C)CCCN(CC)CC. The molecule has 5 heteroatoms. The molecule has 1 unspecified atom stereocenters. The van der Waals surface area contributed by atoms with Crippen LogP contribution in [0.15, 0.2) is 29.3 Å². The molecule has 0 heterocycles. The van der Waals surface area contributed by atoms with Crippen LogP contribution < -0.4 is 10.6 Å². The van der Waals surface area contributed by atoms with Crippen LogP contribution in [0.3, 0.4) is 0 Å². The summed E-state index contributed by atoms with van der Waals surface area (Å²) in [6, 6.07) is 9.12. The number of hydrogen-bond acceptors (Lipinski definition) is 3. The summed E-state index contributed by atoms with van der Waals surface area (Å²) in [6.07, 6.45) is 2.36. The van der Waals surface area contributed by atoms with E-state index in [1.54, 1.807) is 0 Å². The average Bonchev–Trinajstić information content (AvgIpc) is 2.63. The van der Waals surface area contributed by atoms with Gasteiger partial charge in [0.25, 0.3) is 0 Å². The van der Waals surface area contributed by atoms with Gasteiger partial charge in [-0.15, -0.1) is 0 Å².